The summed E-state index contributed by atoms with van der Waals surface area (Å²) in [4.78, 5) is 0. The van der Waals surface area contributed by atoms with Gasteiger partial charge < -0.3 is 15.8 Å². The zero-order chi connectivity index (χ0) is 7.03. The molecular formula is C7H14N2O. The summed E-state index contributed by atoms with van der Waals surface area (Å²) in [5, 5.41) is 3.25. The van der Waals surface area contributed by atoms with Crippen LogP contribution >= 0.6 is 0 Å². The molecule has 0 bridgehead atoms. The maximum Gasteiger partial charge on any atom is 0.0890 e. The zero-order valence-electron chi connectivity index (χ0n) is 6.10. The molecule has 0 radical (unpaired) electrons. The molecular weight excluding hydrogens is 128 g/mol. The SMILES string of the molecule is N[C@@]12CCCO[C@H]1CNC2. The van der Waals surface area contributed by atoms with Crippen molar-refractivity contribution in [3.63, 3.8) is 0 Å². The Morgan fingerprint density at radius 2 is 2.50 bits per heavy atom. The van der Waals surface area contributed by atoms with Gasteiger partial charge in [-0.3, -0.25) is 0 Å². The van der Waals surface area contributed by atoms with E-state index in [-0.39, 0.29) is 11.6 Å². The predicted molar refractivity (Wildman–Crippen MR) is 38.8 cm³/mol. The van der Waals surface area contributed by atoms with E-state index < -0.39 is 0 Å². The van der Waals surface area contributed by atoms with Crippen LogP contribution in [0.1, 0.15) is 12.8 Å². The van der Waals surface area contributed by atoms with Crippen LogP contribution in [-0.2, 0) is 4.74 Å². The first-order valence-corrected chi connectivity index (χ1v) is 3.92. The molecule has 2 heterocycles. The van der Waals surface area contributed by atoms with Crippen LogP contribution in [0.4, 0.5) is 0 Å². The quantitative estimate of drug-likeness (QED) is 0.478. The normalized spacial score (nSPS) is 47.1. The first-order chi connectivity index (χ1) is 4.81. The van der Waals surface area contributed by atoms with E-state index in [2.05, 4.69) is 5.32 Å². The Balaban J connectivity index is 2.10. The lowest BCUT2D eigenvalue weighted by Gasteiger charge is -2.34. The number of hydrogen-bond donors (Lipinski definition) is 2. The molecule has 0 aliphatic carbocycles. The lowest BCUT2D eigenvalue weighted by atomic mass is 9.89. The summed E-state index contributed by atoms with van der Waals surface area (Å²) in [7, 11) is 0. The summed E-state index contributed by atoms with van der Waals surface area (Å²) in [6.07, 6.45) is 2.51. The molecule has 2 rings (SSSR count). The highest BCUT2D eigenvalue weighted by atomic mass is 16.5. The second-order valence-electron chi connectivity index (χ2n) is 3.33. The van der Waals surface area contributed by atoms with Crippen molar-refractivity contribution in [2.75, 3.05) is 19.7 Å². The van der Waals surface area contributed by atoms with Crippen molar-refractivity contribution in [3.05, 3.63) is 0 Å². The summed E-state index contributed by atoms with van der Waals surface area (Å²) in [6.45, 7) is 2.76. The molecule has 3 N–H and O–H groups in total. The fourth-order valence-corrected chi connectivity index (χ4v) is 1.85. The Labute approximate surface area is 60.9 Å². The molecule has 3 heteroatoms. The summed E-state index contributed by atoms with van der Waals surface area (Å²) < 4.78 is 5.52. The van der Waals surface area contributed by atoms with Gasteiger partial charge in [-0.1, -0.05) is 0 Å². The van der Waals surface area contributed by atoms with Crippen LogP contribution in [0, 0.1) is 0 Å². The molecule has 0 saturated carbocycles. The van der Waals surface area contributed by atoms with E-state index in [9.17, 15) is 0 Å². The van der Waals surface area contributed by atoms with Crippen molar-refractivity contribution in [1.82, 2.24) is 5.32 Å². The van der Waals surface area contributed by atoms with Crippen molar-refractivity contribution in [2.24, 2.45) is 5.73 Å². The maximum absolute atomic E-state index is 6.08. The Bertz CT molecular complexity index is 140. The number of fused-ring (bicyclic) bond motifs is 1. The minimum absolute atomic E-state index is 0.0434. The molecule has 2 aliphatic heterocycles. The molecule has 2 fully saturated rings. The van der Waals surface area contributed by atoms with Gasteiger partial charge in [-0.2, -0.15) is 0 Å². The second kappa shape index (κ2) is 2.19. The van der Waals surface area contributed by atoms with E-state index in [1.165, 1.54) is 0 Å². The van der Waals surface area contributed by atoms with Gasteiger partial charge in [0.1, 0.15) is 0 Å². The summed E-state index contributed by atoms with van der Waals surface area (Å²) >= 11 is 0. The van der Waals surface area contributed by atoms with Gasteiger partial charge in [0, 0.05) is 19.7 Å². The smallest absolute Gasteiger partial charge is 0.0890 e. The minimum atomic E-state index is -0.0434. The summed E-state index contributed by atoms with van der Waals surface area (Å²) in [5.74, 6) is 0. The average molecular weight is 142 g/mol. The lowest BCUT2D eigenvalue weighted by Crippen LogP contribution is -2.54. The van der Waals surface area contributed by atoms with Crippen LogP contribution < -0.4 is 11.1 Å². The van der Waals surface area contributed by atoms with Crippen molar-refractivity contribution < 1.29 is 4.74 Å². The van der Waals surface area contributed by atoms with E-state index in [0.717, 1.165) is 32.5 Å². The lowest BCUT2D eigenvalue weighted by molar-refractivity contribution is -0.0131. The molecule has 0 aromatic rings. The van der Waals surface area contributed by atoms with Gasteiger partial charge in [-0.25, -0.2) is 0 Å². The first kappa shape index (κ1) is 6.58. The molecule has 0 aromatic heterocycles. The molecule has 10 heavy (non-hydrogen) atoms. The number of nitrogens with two attached hydrogens (primary N) is 1. The third kappa shape index (κ3) is 0.856. The van der Waals surface area contributed by atoms with Crippen molar-refractivity contribution in [3.8, 4) is 0 Å². The van der Waals surface area contributed by atoms with Crippen molar-refractivity contribution >= 4 is 0 Å². The maximum atomic E-state index is 6.08. The monoisotopic (exact) mass is 142 g/mol. The Morgan fingerprint density at radius 3 is 3.30 bits per heavy atom. The molecule has 2 atom stereocenters. The third-order valence-corrected chi connectivity index (χ3v) is 2.53. The van der Waals surface area contributed by atoms with E-state index in [1.54, 1.807) is 0 Å². The molecule has 0 amide bonds. The van der Waals surface area contributed by atoms with Gasteiger partial charge in [0.15, 0.2) is 0 Å². The largest absolute Gasteiger partial charge is 0.375 e. The topological polar surface area (TPSA) is 47.3 Å². The third-order valence-electron chi connectivity index (χ3n) is 2.53. The highest BCUT2D eigenvalue weighted by Crippen LogP contribution is 2.25. The predicted octanol–water partition coefficient (Wildman–Crippen LogP) is -0.534. The van der Waals surface area contributed by atoms with Crippen LogP contribution in [0.15, 0.2) is 0 Å². The van der Waals surface area contributed by atoms with Crippen molar-refractivity contribution in [1.29, 1.82) is 0 Å². The number of hydrogen-bond acceptors (Lipinski definition) is 3. The van der Waals surface area contributed by atoms with Crippen LogP contribution in [-0.4, -0.2) is 31.3 Å². The first-order valence-electron chi connectivity index (χ1n) is 3.92. The molecule has 0 spiro atoms. The van der Waals surface area contributed by atoms with E-state index in [4.69, 9.17) is 10.5 Å². The average Bonchev–Trinajstić information content (AvgIpc) is 2.29. The molecule has 0 aromatic carbocycles. The minimum Gasteiger partial charge on any atom is -0.375 e. The van der Waals surface area contributed by atoms with Gasteiger partial charge in [0.25, 0.3) is 0 Å². The summed E-state index contributed by atoms with van der Waals surface area (Å²) in [5.41, 5.74) is 6.03. The zero-order valence-corrected chi connectivity index (χ0v) is 6.10. The van der Waals surface area contributed by atoms with Crippen LogP contribution in [0.2, 0.25) is 0 Å². The number of ether oxygens (including phenoxy) is 1. The fraction of sp³-hybridized carbons (Fsp3) is 1.00. The van der Waals surface area contributed by atoms with E-state index in [1.807, 2.05) is 0 Å². The Morgan fingerprint density at radius 1 is 1.60 bits per heavy atom. The van der Waals surface area contributed by atoms with Crippen LogP contribution in [0.5, 0.6) is 0 Å². The Kier molecular flexibility index (Phi) is 1.44. The molecule has 58 valence electrons. The van der Waals surface area contributed by atoms with E-state index >= 15 is 0 Å². The van der Waals surface area contributed by atoms with Gasteiger partial charge >= 0.3 is 0 Å². The van der Waals surface area contributed by atoms with Gasteiger partial charge in [0.05, 0.1) is 11.6 Å². The van der Waals surface area contributed by atoms with Crippen LogP contribution in [0.3, 0.4) is 0 Å². The molecule has 3 nitrogen and oxygen atoms in total. The van der Waals surface area contributed by atoms with Crippen LogP contribution in [0.25, 0.3) is 0 Å². The van der Waals surface area contributed by atoms with Gasteiger partial charge in [-0.05, 0) is 12.8 Å². The summed E-state index contributed by atoms with van der Waals surface area (Å²) in [6, 6.07) is 0. The highest BCUT2D eigenvalue weighted by molar-refractivity contribution is 5.02. The molecule has 2 saturated heterocycles. The molecule has 0 unspecified atom stereocenters. The highest BCUT2D eigenvalue weighted by Gasteiger charge is 2.41. The van der Waals surface area contributed by atoms with Gasteiger partial charge in [-0.15, -0.1) is 0 Å². The molecule has 2 aliphatic rings. The number of rotatable bonds is 0. The van der Waals surface area contributed by atoms with Gasteiger partial charge in [0.2, 0.25) is 0 Å². The Hall–Kier alpha value is -0.120. The standard InChI is InChI=1S/C7H14N2O/c8-7-2-1-3-10-6(7)4-9-5-7/h6,9H,1-5,8H2/t6-,7+/m0/s1. The second-order valence-corrected chi connectivity index (χ2v) is 3.33. The number of nitrogens with one attached hydrogen (secondary N) is 1. The van der Waals surface area contributed by atoms with E-state index in [0.29, 0.717) is 0 Å². The van der Waals surface area contributed by atoms with Crippen molar-refractivity contribution in [2.45, 2.75) is 24.5 Å². The fourth-order valence-electron chi connectivity index (χ4n) is 1.85.